The lowest BCUT2D eigenvalue weighted by atomic mass is 10.1. The summed E-state index contributed by atoms with van der Waals surface area (Å²) in [5.74, 6) is -1.24. The van der Waals surface area contributed by atoms with E-state index in [0.717, 1.165) is 6.20 Å². The molecule has 0 atom stereocenters. The van der Waals surface area contributed by atoms with Gasteiger partial charge in [0.25, 0.3) is 6.43 Å². The van der Waals surface area contributed by atoms with Crippen molar-refractivity contribution < 1.29 is 18.7 Å². The van der Waals surface area contributed by atoms with Gasteiger partial charge in [-0.15, -0.1) is 0 Å². The Morgan fingerprint density at radius 2 is 2.31 bits per heavy atom. The SMILES string of the molecule is N#Cc1cnc(C(F)F)c(CC(=O)O)c1I. The maximum absolute atomic E-state index is 12.6. The van der Waals surface area contributed by atoms with Gasteiger partial charge in [0.05, 0.1) is 12.0 Å². The van der Waals surface area contributed by atoms with Gasteiger partial charge in [-0.05, 0) is 22.6 Å². The lowest BCUT2D eigenvalue weighted by Gasteiger charge is -2.09. The largest absolute Gasteiger partial charge is 0.481 e. The number of carboxylic acids is 1. The molecule has 0 aliphatic carbocycles. The molecule has 7 heteroatoms. The number of aliphatic carboxylic acids is 1. The molecule has 0 amide bonds. The quantitative estimate of drug-likeness (QED) is 0.857. The molecule has 0 spiro atoms. The average molecular weight is 338 g/mol. The predicted octanol–water partition coefficient (Wildman–Crippen LogP) is 2.12. The fourth-order valence-corrected chi connectivity index (χ4v) is 1.86. The fourth-order valence-electron chi connectivity index (χ4n) is 1.13. The van der Waals surface area contributed by atoms with Crippen LogP contribution in [0.5, 0.6) is 0 Å². The number of aromatic nitrogens is 1. The van der Waals surface area contributed by atoms with Gasteiger partial charge in [-0.1, -0.05) is 0 Å². The second kappa shape index (κ2) is 5.16. The highest BCUT2D eigenvalue weighted by atomic mass is 127. The van der Waals surface area contributed by atoms with Gasteiger partial charge in [-0.25, -0.2) is 8.78 Å². The van der Waals surface area contributed by atoms with E-state index in [4.69, 9.17) is 10.4 Å². The summed E-state index contributed by atoms with van der Waals surface area (Å²) >= 11 is 1.67. The second-order valence-electron chi connectivity index (χ2n) is 2.83. The standard InChI is InChI=1S/C9H5F2IN2O2/c10-9(11)8-5(1-6(15)16)7(12)4(2-13)3-14-8/h3,9H,1H2,(H,15,16). The van der Waals surface area contributed by atoms with E-state index in [1.807, 2.05) is 0 Å². The summed E-state index contributed by atoms with van der Waals surface area (Å²) in [5, 5.41) is 17.3. The minimum absolute atomic E-state index is 0.0952. The number of nitriles is 1. The van der Waals surface area contributed by atoms with Crippen LogP contribution in [-0.2, 0) is 11.2 Å². The smallest absolute Gasteiger partial charge is 0.307 e. The first-order valence-corrected chi connectivity index (χ1v) is 5.12. The Morgan fingerprint density at radius 1 is 1.69 bits per heavy atom. The molecule has 1 rings (SSSR count). The van der Waals surface area contributed by atoms with Crippen LogP contribution >= 0.6 is 22.6 Å². The van der Waals surface area contributed by atoms with Crippen molar-refractivity contribution in [3.8, 4) is 6.07 Å². The number of alkyl halides is 2. The predicted molar refractivity (Wildman–Crippen MR) is 58.0 cm³/mol. The Bertz CT molecular complexity index is 471. The molecule has 0 unspecified atom stereocenters. The molecule has 0 saturated carbocycles. The molecule has 1 N–H and O–H groups in total. The van der Waals surface area contributed by atoms with Gasteiger partial charge >= 0.3 is 5.97 Å². The van der Waals surface area contributed by atoms with Crippen LogP contribution in [0.3, 0.4) is 0 Å². The van der Waals surface area contributed by atoms with Crippen LogP contribution in [0.4, 0.5) is 8.78 Å². The molecule has 1 heterocycles. The summed E-state index contributed by atoms with van der Waals surface area (Å²) in [6.07, 6.45) is -2.40. The summed E-state index contributed by atoms with van der Waals surface area (Å²) in [4.78, 5) is 14.0. The maximum atomic E-state index is 12.6. The number of carbonyl (C=O) groups is 1. The molecule has 16 heavy (non-hydrogen) atoms. The number of hydrogen-bond donors (Lipinski definition) is 1. The number of nitrogens with zero attached hydrogens (tertiary/aromatic N) is 2. The Labute approximate surface area is 103 Å². The molecule has 84 valence electrons. The van der Waals surface area contributed by atoms with Crippen molar-refractivity contribution in [3.63, 3.8) is 0 Å². The number of hydrogen-bond acceptors (Lipinski definition) is 3. The maximum Gasteiger partial charge on any atom is 0.307 e. The van der Waals surface area contributed by atoms with Crippen LogP contribution in [0.2, 0.25) is 0 Å². The van der Waals surface area contributed by atoms with E-state index >= 15 is 0 Å². The lowest BCUT2D eigenvalue weighted by Crippen LogP contribution is -2.09. The third-order valence-electron chi connectivity index (χ3n) is 1.80. The van der Waals surface area contributed by atoms with E-state index < -0.39 is 24.5 Å². The van der Waals surface area contributed by atoms with E-state index in [1.165, 1.54) is 0 Å². The minimum Gasteiger partial charge on any atom is -0.481 e. The third kappa shape index (κ3) is 2.63. The molecule has 0 aliphatic heterocycles. The van der Waals surface area contributed by atoms with Crippen molar-refractivity contribution in [2.45, 2.75) is 12.8 Å². The zero-order valence-corrected chi connectivity index (χ0v) is 9.90. The van der Waals surface area contributed by atoms with Crippen molar-refractivity contribution in [2.75, 3.05) is 0 Å². The molecule has 0 fully saturated rings. The van der Waals surface area contributed by atoms with E-state index in [9.17, 15) is 13.6 Å². The third-order valence-corrected chi connectivity index (χ3v) is 3.03. The van der Waals surface area contributed by atoms with Gasteiger partial charge < -0.3 is 5.11 Å². The molecular formula is C9H5F2IN2O2. The zero-order valence-electron chi connectivity index (χ0n) is 7.75. The number of carboxylic acid groups (broad SMARTS) is 1. The Kier molecular flexibility index (Phi) is 4.12. The van der Waals surface area contributed by atoms with Gasteiger partial charge in [-0.2, -0.15) is 5.26 Å². The van der Waals surface area contributed by atoms with Gasteiger partial charge in [-0.3, -0.25) is 9.78 Å². The van der Waals surface area contributed by atoms with Crippen LogP contribution in [0, 0.1) is 14.9 Å². The van der Waals surface area contributed by atoms with Crippen molar-refractivity contribution in [1.29, 1.82) is 5.26 Å². The molecule has 1 aromatic heterocycles. The van der Waals surface area contributed by atoms with Gasteiger partial charge in [0, 0.05) is 15.3 Å². The van der Waals surface area contributed by atoms with Gasteiger partial charge in [0.15, 0.2) is 0 Å². The molecule has 0 bridgehead atoms. The highest BCUT2D eigenvalue weighted by molar-refractivity contribution is 14.1. The lowest BCUT2D eigenvalue weighted by molar-refractivity contribution is -0.136. The molecular weight excluding hydrogens is 333 g/mol. The molecule has 0 aliphatic rings. The van der Waals surface area contributed by atoms with Crippen molar-refractivity contribution >= 4 is 28.6 Å². The monoisotopic (exact) mass is 338 g/mol. The highest BCUT2D eigenvalue weighted by Crippen LogP contribution is 2.26. The van der Waals surface area contributed by atoms with Crippen LogP contribution in [0.25, 0.3) is 0 Å². The van der Waals surface area contributed by atoms with E-state index in [2.05, 4.69) is 4.98 Å². The van der Waals surface area contributed by atoms with Crippen LogP contribution in [-0.4, -0.2) is 16.1 Å². The highest BCUT2D eigenvalue weighted by Gasteiger charge is 2.21. The molecule has 1 aromatic rings. The van der Waals surface area contributed by atoms with Crippen molar-refractivity contribution in [3.05, 3.63) is 26.6 Å². The minimum atomic E-state index is -2.85. The second-order valence-corrected chi connectivity index (χ2v) is 3.91. The van der Waals surface area contributed by atoms with Crippen molar-refractivity contribution in [1.82, 2.24) is 4.98 Å². The summed E-state index contributed by atoms with van der Waals surface area (Å²) < 4.78 is 25.3. The fraction of sp³-hybridized carbons (Fsp3) is 0.222. The van der Waals surface area contributed by atoms with E-state index in [0.29, 0.717) is 0 Å². The Morgan fingerprint density at radius 3 is 2.75 bits per heavy atom. The number of pyridine rings is 1. The van der Waals surface area contributed by atoms with Crippen LogP contribution in [0.1, 0.15) is 23.2 Å². The summed E-state index contributed by atoms with van der Waals surface area (Å²) in [6.45, 7) is 0. The summed E-state index contributed by atoms with van der Waals surface area (Å²) in [5.41, 5.74) is -0.575. The van der Waals surface area contributed by atoms with Crippen LogP contribution < -0.4 is 0 Å². The first-order chi connectivity index (χ1) is 7.47. The van der Waals surface area contributed by atoms with E-state index in [1.54, 1.807) is 28.7 Å². The first-order valence-electron chi connectivity index (χ1n) is 4.04. The Hall–Kier alpha value is -1.30. The Balaban J connectivity index is 3.37. The topological polar surface area (TPSA) is 74.0 Å². The van der Waals surface area contributed by atoms with Gasteiger partial charge in [0.1, 0.15) is 11.8 Å². The zero-order chi connectivity index (χ0) is 12.3. The van der Waals surface area contributed by atoms with Crippen molar-refractivity contribution in [2.24, 2.45) is 0 Å². The molecule has 0 aromatic carbocycles. The number of rotatable bonds is 3. The van der Waals surface area contributed by atoms with E-state index in [-0.39, 0.29) is 14.7 Å². The molecule has 0 saturated heterocycles. The normalized spacial score (nSPS) is 10.2. The molecule has 0 radical (unpaired) electrons. The van der Waals surface area contributed by atoms with Gasteiger partial charge in [0.2, 0.25) is 0 Å². The average Bonchev–Trinajstić information content (AvgIpc) is 2.19. The molecule has 4 nitrogen and oxygen atoms in total. The number of halogens is 3. The summed E-state index contributed by atoms with van der Waals surface area (Å²) in [6, 6.07) is 1.77. The first kappa shape index (κ1) is 12.8. The summed E-state index contributed by atoms with van der Waals surface area (Å²) in [7, 11) is 0. The van der Waals surface area contributed by atoms with Crippen LogP contribution in [0.15, 0.2) is 6.20 Å².